The molecule has 0 radical (unpaired) electrons. The Morgan fingerprint density at radius 3 is 2.37 bits per heavy atom. The van der Waals surface area contributed by atoms with Gasteiger partial charge in [-0.1, -0.05) is 13.8 Å². The molecule has 0 saturated heterocycles. The van der Waals surface area contributed by atoms with E-state index < -0.39 is 6.97 Å². The number of aromatic nitrogens is 1. The van der Waals surface area contributed by atoms with Gasteiger partial charge in [0, 0.05) is 29.3 Å². The molecule has 0 aliphatic carbocycles. The highest BCUT2D eigenvalue weighted by Gasteiger charge is 2.56. The fourth-order valence-electron chi connectivity index (χ4n) is 5.16. The minimum Gasteiger partial charge on any atom is -0.393 e. The Hall–Kier alpha value is -1.95. The summed E-state index contributed by atoms with van der Waals surface area (Å²) < 4.78 is 34.6. The summed E-state index contributed by atoms with van der Waals surface area (Å²) in [5, 5.41) is 4.09. The van der Waals surface area contributed by atoms with Crippen LogP contribution in [0, 0.1) is 13.8 Å². The van der Waals surface area contributed by atoms with Crippen molar-refractivity contribution in [3.8, 4) is 0 Å². The number of fused-ring (bicyclic) bond motifs is 2. The molecule has 0 atom stereocenters. The van der Waals surface area contributed by atoms with E-state index in [0.29, 0.717) is 22.8 Å². The quantitative estimate of drug-likeness (QED) is 0.577. The molecule has 0 fully saturated rings. The monoisotopic (exact) mass is 386 g/mol. The lowest BCUT2D eigenvalue weighted by atomic mass is 9.84. The zero-order valence-electron chi connectivity index (χ0n) is 16.8. The van der Waals surface area contributed by atoms with E-state index in [1.807, 2.05) is 53.0 Å². The second-order valence-corrected chi connectivity index (χ2v) is 8.28. The zero-order valence-corrected chi connectivity index (χ0v) is 17.6. The molecule has 0 spiro atoms. The van der Waals surface area contributed by atoms with Gasteiger partial charge in [-0.05, 0) is 67.3 Å². The Morgan fingerprint density at radius 1 is 1.11 bits per heavy atom. The van der Waals surface area contributed by atoms with Gasteiger partial charge >= 0.3 is 6.97 Å². The van der Waals surface area contributed by atoms with Crippen molar-refractivity contribution in [1.29, 1.82) is 0 Å². The molecule has 0 amide bonds. The Morgan fingerprint density at radius 2 is 1.81 bits per heavy atom. The number of hydrogen-bond acceptors (Lipinski definition) is 1. The highest BCUT2D eigenvalue weighted by Crippen LogP contribution is 2.47. The lowest BCUT2D eigenvalue weighted by Gasteiger charge is -2.33. The Kier molecular flexibility index (Phi) is 4.11. The predicted molar refractivity (Wildman–Crippen MR) is 111 cm³/mol. The van der Waals surface area contributed by atoms with Crippen molar-refractivity contribution in [1.82, 2.24) is 4.48 Å². The van der Waals surface area contributed by atoms with Crippen molar-refractivity contribution in [3.05, 3.63) is 61.7 Å². The average molecular weight is 386 g/mol. The molecular weight excluding hydrogens is 361 g/mol. The number of hydrogen-bond donors (Lipinski definition) is 0. The van der Waals surface area contributed by atoms with Crippen LogP contribution in [0.2, 0.25) is 0 Å². The minimum absolute atomic E-state index is 0.692. The van der Waals surface area contributed by atoms with Crippen molar-refractivity contribution < 1.29 is 13.1 Å². The standard InChI is InChI=1S/C21H25BF2N2S/c1-7-17-12(3)20-19(16-9-10-27-11-16)21-13(4)18(8-2)15(6)26(21)22(23,24)25(20)14(17)5/h9-11H,7-8H2,1-6H3. The summed E-state index contributed by atoms with van der Waals surface area (Å²) in [5.74, 6) is 0. The minimum atomic E-state index is -3.92. The van der Waals surface area contributed by atoms with Gasteiger partial charge in [-0.15, -0.1) is 0 Å². The molecule has 2 nitrogen and oxygen atoms in total. The van der Waals surface area contributed by atoms with Crippen LogP contribution in [0.5, 0.6) is 0 Å². The van der Waals surface area contributed by atoms with E-state index in [-0.39, 0.29) is 0 Å². The molecule has 6 heteroatoms. The van der Waals surface area contributed by atoms with Crippen LogP contribution in [0.1, 0.15) is 62.2 Å². The van der Waals surface area contributed by atoms with Gasteiger partial charge in [0.1, 0.15) is 5.71 Å². The van der Waals surface area contributed by atoms with Crippen molar-refractivity contribution >= 4 is 29.6 Å². The van der Waals surface area contributed by atoms with Crippen LogP contribution >= 0.6 is 11.3 Å². The van der Waals surface area contributed by atoms with E-state index in [4.69, 9.17) is 0 Å². The number of thiophene rings is 1. The fraction of sp³-hybridized carbons (Fsp3) is 0.381. The second-order valence-electron chi connectivity index (χ2n) is 7.50. The highest BCUT2D eigenvalue weighted by atomic mass is 32.1. The first-order valence-corrected chi connectivity index (χ1v) is 10.5. The third kappa shape index (κ3) is 2.19. The smallest absolute Gasteiger partial charge is 0.393 e. The van der Waals surface area contributed by atoms with Gasteiger partial charge in [0.15, 0.2) is 5.70 Å². The first-order valence-electron chi connectivity index (χ1n) is 9.60. The number of allylic oxidation sites excluding steroid dienone is 2. The molecule has 0 saturated carbocycles. The summed E-state index contributed by atoms with van der Waals surface area (Å²) >= 11 is 1.61. The summed E-state index contributed by atoms with van der Waals surface area (Å²) in [6.07, 6.45) is 1.52. The number of rotatable bonds is 3. The molecule has 2 aliphatic heterocycles. The van der Waals surface area contributed by atoms with Gasteiger partial charge in [0.2, 0.25) is 0 Å². The van der Waals surface area contributed by atoms with Crippen molar-refractivity contribution in [2.45, 2.75) is 54.4 Å². The highest BCUT2D eigenvalue weighted by molar-refractivity contribution is 7.08. The molecule has 0 bridgehead atoms. The van der Waals surface area contributed by atoms with Crippen LogP contribution in [0.4, 0.5) is 8.63 Å². The van der Waals surface area contributed by atoms with E-state index in [2.05, 4.69) is 5.38 Å². The summed E-state index contributed by atoms with van der Waals surface area (Å²) in [6, 6.07) is 2.05. The topological polar surface area (TPSA) is 7.94 Å². The van der Waals surface area contributed by atoms with Gasteiger partial charge in [-0.25, -0.2) is 0 Å². The summed E-state index contributed by atoms with van der Waals surface area (Å²) in [5.41, 5.74) is 8.80. The Balaban J connectivity index is 2.23. The van der Waals surface area contributed by atoms with Crippen LogP contribution in [0.25, 0.3) is 5.57 Å². The molecule has 27 heavy (non-hydrogen) atoms. The van der Waals surface area contributed by atoms with Crippen LogP contribution in [0.15, 0.2) is 33.7 Å². The number of halogens is 2. The fourth-order valence-corrected chi connectivity index (χ4v) is 5.81. The largest absolute Gasteiger partial charge is 0.737 e. The van der Waals surface area contributed by atoms with Crippen LogP contribution in [0.3, 0.4) is 0 Å². The predicted octanol–water partition coefficient (Wildman–Crippen LogP) is 5.94. The average Bonchev–Trinajstić information content (AvgIpc) is 3.28. The Labute approximate surface area is 163 Å². The van der Waals surface area contributed by atoms with Crippen molar-refractivity contribution in [2.75, 3.05) is 0 Å². The maximum absolute atomic E-state index is 16.0. The molecule has 142 valence electrons. The van der Waals surface area contributed by atoms with Gasteiger partial charge in [0.25, 0.3) is 0 Å². The van der Waals surface area contributed by atoms with Crippen LogP contribution < -0.4 is 0 Å². The molecule has 2 aromatic rings. The first-order chi connectivity index (χ1) is 12.8. The molecule has 4 heterocycles. The Bertz CT molecular complexity index is 1050. The van der Waals surface area contributed by atoms with Gasteiger partial charge < -0.3 is 17.6 Å². The molecule has 4 rings (SSSR count). The van der Waals surface area contributed by atoms with Gasteiger partial charge in [-0.2, -0.15) is 11.3 Å². The first kappa shape index (κ1) is 18.4. The SMILES string of the molecule is CCC1=C(C)C2=C(c3ccsc3)c3c(C)c(CC)c(C)n3[B-](F)(F)[N+]2=C1C. The van der Waals surface area contributed by atoms with Crippen LogP contribution in [-0.2, 0) is 6.42 Å². The van der Waals surface area contributed by atoms with Gasteiger partial charge in [-0.3, -0.25) is 0 Å². The zero-order chi connectivity index (χ0) is 19.7. The maximum Gasteiger partial charge on any atom is 0.737 e. The lowest BCUT2D eigenvalue weighted by molar-refractivity contribution is -0.363. The lowest BCUT2D eigenvalue weighted by Crippen LogP contribution is -2.51. The van der Waals surface area contributed by atoms with Gasteiger partial charge in [0.05, 0.1) is 5.57 Å². The van der Waals surface area contributed by atoms with Crippen LogP contribution in [-0.4, -0.2) is 21.6 Å². The third-order valence-electron chi connectivity index (χ3n) is 6.31. The number of nitrogens with zero attached hydrogens (tertiary/aromatic N) is 2. The van der Waals surface area contributed by atoms with E-state index >= 15 is 8.63 Å². The second kappa shape index (κ2) is 6.03. The van der Waals surface area contributed by atoms with E-state index in [0.717, 1.165) is 46.3 Å². The molecule has 2 aromatic heterocycles. The molecule has 0 N–H and O–H groups in total. The molecule has 0 unspecified atom stereocenters. The molecule has 0 aromatic carbocycles. The van der Waals surface area contributed by atoms with Crippen molar-refractivity contribution in [3.63, 3.8) is 0 Å². The summed E-state index contributed by atoms with van der Waals surface area (Å²) in [7, 11) is 0. The van der Waals surface area contributed by atoms with E-state index in [1.165, 1.54) is 8.96 Å². The summed E-state index contributed by atoms with van der Waals surface area (Å²) in [4.78, 5) is 0. The van der Waals surface area contributed by atoms with Crippen molar-refractivity contribution in [2.24, 2.45) is 0 Å². The summed E-state index contributed by atoms with van der Waals surface area (Å²) in [6.45, 7) is 7.84. The normalized spacial score (nSPS) is 18.5. The van der Waals surface area contributed by atoms with E-state index in [9.17, 15) is 0 Å². The molecular formula is C21H25BF2N2S. The third-order valence-corrected chi connectivity index (χ3v) is 6.99. The maximum atomic E-state index is 16.0. The van der Waals surface area contributed by atoms with E-state index in [1.54, 1.807) is 11.3 Å². The molecule has 2 aliphatic rings.